The lowest BCUT2D eigenvalue weighted by atomic mass is 9.84. The molecule has 1 saturated carbocycles. The quantitative estimate of drug-likeness (QED) is 0.900. The highest BCUT2D eigenvalue weighted by Crippen LogP contribution is 2.32. The fourth-order valence-electron chi connectivity index (χ4n) is 3.23. The van der Waals surface area contributed by atoms with Gasteiger partial charge in [-0.2, -0.15) is 0 Å². The third kappa shape index (κ3) is 4.21. The van der Waals surface area contributed by atoms with Crippen LogP contribution >= 0.6 is 11.6 Å². The minimum Gasteiger partial charge on any atom is -0.316 e. The summed E-state index contributed by atoms with van der Waals surface area (Å²) in [5.74, 6) is 0.628. The number of rotatable bonds is 5. The van der Waals surface area contributed by atoms with Crippen molar-refractivity contribution in [2.75, 3.05) is 7.05 Å². The molecule has 3 unspecified atom stereocenters. The largest absolute Gasteiger partial charge is 0.316 e. The van der Waals surface area contributed by atoms with Crippen molar-refractivity contribution in [1.29, 1.82) is 0 Å². The van der Waals surface area contributed by atoms with Gasteiger partial charge in [-0.15, -0.1) is 0 Å². The molecule has 1 aromatic rings. The lowest BCUT2D eigenvalue weighted by molar-refractivity contribution is 0.296. The highest BCUT2D eigenvalue weighted by atomic mass is 35.5. The number of hydrogen-bond donors (Lipinski definition) is 1. The van der Waals surface area contributed by atoms with Crippen molar-refractivity contribution >= 4 is 21.4 Å². The lowest BCUT2D eigenvalue weighted by Gasteiger charge is -2.35. The highest BCUT2D eigenvalue weighted by molar-refractivity contribution is 7.91. The van der Waals surface area contributed by atoms with Crippen molar-refractivity contribution in [3.63, 3.8) is 0 Å². The molecule has 1 aromatic carbocycles. The number of nitrogens with one attached hydrogen (secondary N) is 1. The maximum Gasteiger partial charge on any atom is 0.158 e. The van der Waals surface area contributed by atoms with Crippen molar-refractivity contribution in [2.45, 2.75) is 49.7 Å². The predicted octanol–water partition coefficient (Wildman–Crippen LogP) is 3.42. The van der Waals surface area contributed by atoms with Gasteiger partial charge in [-0.1, -0.05) is 37.1 Å². The third-order valence-electron chi connectivity index (χ3n) is 4.59. The molecule has 2 rings (SSSR count). The summed E-state index contributed by atoms with van der Waals surface area (Å²) in [6.45, 7) is 2.15. The minimum absolute atomic E-state index is 0.0742. The average Bonchev–Trinajstić information content (AvgIpc) is 2.48. The topological polar surface area (TPSA) is 46.2 Å². The smallest absolute Gasteiger partial charge is 0.158 e. The summed E-state index contributed by atoms with van der Waals surface area (Å²) in [5.41, 5.74) is 0.813. The van der Waals surface area contributed by atoms with Crippen molar-refractivity contribution in [1.82, 2.24) is 5.32 Å². The van der Waals surface area contributed by atoms with Crippen LogP contribution < -0.4 is 5.32 Å². The maximum absolute atomic E-state index is 12.8. The first kappa shape index (κ1) is 16.8. The molecule has 21 heavy (non-hydrogen) atoms. The Hall–Kier alpha value is -0.580. The van der Waals surface area contributed by atoms with Crippen molar-refractivity contribution in [3.8, 4) is 0 Å². The van der Waals surface area contributed by atoms with Crippen LogP contribution in [0.15, 0.2) is 24.3 Å². The van der Waals surface area contributed by atoms with E-state index in [-0.39, 0.29) is 17.0 Å². The van der Waals surface area contributed by atoms with Crippen LogP contribution in [0.4, 0.5) is 0 Å². The minimum atomic E-state index is -3.16. The molecule has 5 heteroatoms. The molecule has 0 spiro atoms. The van der Waals surface area contributed by atoms with Crippen molar-refractivity contribution in [3.05, 3.63) is 34.9 Å². The van der Waals surface area contributed by atoms with Gasteiger partial charge in [-0.05, 0) is 49.9 Å². The van der Waals surface area contributed by atoms with E-state index in [1.165, 1.54) is 0 Å². The van der Waals surface area contributed by atoms with Crippen LogP contribution in [0.2, 0.25) is 5.02 Å². The molecule has 1 N–H and O–H groups in total. The molecule has 3 nitrogen and oxygen atoms in total. The molecule has 0 heterocycles. The molecule has 0 amide bonds. The van der Waals surface area contributed by atoms with Crippen molar-refractivity contribution < 1.29 is 8.42 Å². The normalized spacial score (nSPS) is 26.7. The van der Waals surface area contributed by atoms with E-state index < -0.39 is 9.84 Å². The predicted molar refractivity (Wildman–Crippen MR) is 88.3 cm³/mol. The molecule has 0 bridgehead atoms. The monoisotopic (exact) mass is 329 g/mol. The van der Waals surface area contributed by atoms with Crippen LogP contribution in [0.5, 0.6) is 0 Å². The van der Waals surface area contributed by atoms with Gasteiger partial charge in [0, 0.05) is 11.1 Å². The van der Waals surface area contributed by atoms with Gasteiger partial charge in [0.25, 0.3) is 0 Å². The van der Waals surface area contributed by atoms with Gasteiger partial charge >= 0.3 is 0 Å². The van der Waals surface area contributed by atoms with Gasteiger partial charge in [0.2, 0.25) is 0 Å². The number of sulfone groups is 1. The Morgan fingerprint density at radius 3 is 2.48 bits per heavy atom. The first-order valence-corrected chi connectivity index (χ1v) is 9.69. The van der Waals surface area contributed by atoms with E-state index in [9.17, 15) is 8.42 Å². The number of halogens is 1. The molecular weight excluding hydrogens is 306 g/mol. The number of benzene rings is 1. The lowest BCUT2D eigenvalue weighted by Crippen LogP contribution is -2.47. The van der Waals surface area contributed by atoms with Crippen molar-refractivity contribution in [2.24, 2.45) is 5.92 Å². The summed E-state index contributed by atoms with van der Waals surface area (Å²) >= 11 is 5.86. The van der Waals surface area contributed by atoms with Gasteiger partial charge in [0.1, 0.15) is 0 Å². The van der Waals surface area contributed by atoms with Gasteiger partial charge in [0.15, 0.2) is 9.84 Å². The van der Waals surface area contributed by atoms with Crippen LogP contribution in [0.1, 0.15) is 38.2 Å². The summed E-state index contributed by atoms with van der Waals surface area (Å²) in [5, 5.41) is 3.55. The third-order valence-corrected chi connectivity index (χ3v) is 7.02. The Labute approximate surface area is 133 Å². The second-order valence-electron chi connectivity index (χ2n) is 5.95. The van der Waals surface area contributed by atoms with Crippen LogP contribution in [-0.4, -0.2) is 26.8 Å². The highest BCUT2D eigenvalue weighted by Gasteiger charge is 2.37. The molecular formula is C16H24ClNO2S. The molecule has 118 valence electrons. The zero-order chi connectivity index (χ0) is 15.5. The van der Waals surface area contributed by atoms with Gasteiger partial charge in [0.05, 0.1) is 11.0 Å². The maximum atomic E-state index is 12.8. The molecule has 0 saturated heterocycles. The summed E-state index contributed by atoms with van der Waals surface area (Å²) in [6.07, 6.45) is 3.90. The summed E-state index contributed by atoms with van der Waals surface area (Å²) in [4.78, 5) is 0. The standard InChI is InChI=1S/C16H24ClNO2S/c1-3-12-6-9-15(18-2)16(10-12)21(19,20)11-13-4-7-14(17)8-5-13/h4-5,7-8,12,15-16,18H,3,6,9-11H2,1-2H3. The van der Waals surface area contributed by atoms with E-state index in [4.69, 9.17) is 11.6 Å². The zero-order valence-electron chi connectivity index (χ0n) is 12.7. The van der Waals surface area contributed by atoms with Crippen LogP contribution in [0.25, 0.3) is 0 Å². The van der Waals surface area contributed by atoms with Crippen LogP contribution in [0, 0.1) is 5.92 Å². The molecule has 1 aliphatic rings. The molecule has 0 aromatic heterocycles. The molecule has 1 fully saturated rings. The Morgan fingerprint density at radius 1 is 1.24 bits per heavy atom. The number of hydrogen-bond acceptors (Lipinski definition) is 3. The SMILES string of the molecule is CCC1CCC(NC)C(S(=O)(=O)Cc2ccc(Cl)cc2)C1. The molecule has 0 aliphatic heterocycles. The van der Waals surface area contributed by atoms with Gasteiger partial charge in [-0.3, -0.25) is 0 Å². The molecule has 0 radical (unpaired) electrons. The van der Waals surface area contributed by atoms with E-state index in [2.05, 4.69) is 12.2 Å². The Bertz CT molecular complexity index is 556. The zero-order valence-corrected chi connectivity index (χ0v) is 14.3. The van der Waals surface area contributed by atoms with Crippen LogP contribution in [0.3, 0.4) is 0 Å². The summed E-state index contributed by atoms with van der Waals surface area (Å²) < 4.78 is 25.6. The van der Waals surface area contributed by atoms with Crippen LogP contribution in [-0.2, 0) is 15.6 Å². The van der Waals surface area contributed by atoms with E-state index in [0.29, 0.717) is 10.9 Å². The summed E-state index contributed by atoms with van der Waals surface area (Å²) in [7, 11) is -1.30. The second kappa shape index (κ2) is 7.12. The first-order chi connectivity index (χ1) is 9.96. The van der Waals surface area contributed by atoms with E-state index in [1.54, 1.807) is 24.3 Å². The summed E-state index contributed by atoms with van der Waals surface area (Å²) in [6, 6.07) is 7.17. The van der Waals surface area contributed by atoms with E-state index in [0.717, 1.165) is 31.2 Å². The Balaban J connectivity index is 2.17. The first-order valence-electron chi connectivity index (χ1n) is 7.59. The fourth-order valence-corrected chi connectivity index (χ4v) is 5.56. The Morgan fingerprint density at radius 2 is 1.90 bits per heavy atom. The van der Waals surface area contributed by atoms with Gasteiger partial charge in [-0.25, -0.2) is 8.42 Å². The second-order valence-corrected chi connectivity index (χ2v) is 8.61. The molecule has 1 aliphatic carbocycles. The van der Waals surface area contributed by atoms with Gasteiger partial charge < -0.3 is 5.32 Å². The van der Waals surface area contributed by atoms with E-state index in [1.807, 2.05) is 7.05 Å². The average molecular weight is 330 g/mol. The van der Waals surface area contributed by atoms with E-state index >= 15 is 0 Å². The molecule has 3 atom stereocenters. The Kier molecular flexibility index (Phi) is 5.69. The fraction of sp³-hybridized carbons (Fsp3) is 0.625.